The molecule has 20 heavy (non-hydrogen) atoms. The van der Waals surface area contributed by atoms with Crippen LogP contribution in [0.3, 0.4) is 0 Å². The summed E-state index contributed by atoms with van der Waals surface area (Å²) in [5.74, 6) is 1.89. The van der Waals surface area contributed by atoms with Crippen molar-refractivity contribution in [1.29, 1.82) is 0 Å². The fraction of sp³-hybridized carbons (Fsp3) is 0.467. The molecule has 1 N–H and O–H groups in total. The molecule has 0 spiro atoms. The number of methoxy groups -OCH3 is 1. The molecule has 1 aromatic heterocycles. The largest absolute Gasteiger partial charge is 0.497 e. The van der Waals surface area contributed by atoms with Crippen LogP contribution in [0.2, 0.25) is 0 Å². The van der Waals surface area contributed by atoms with Gasteiger partial charge < -0.3 is 10.1 Å². The second-order valence-corrected chi connectivity index (χ2v) is 4.81. The molecule has 1 unspecified atom stereocenters. The van der Waals surface area contributed by atoms with Gasteiger partial charge in [0.2, 0.25) is 0 Å². The maximum atomic E-state index is 5.19. The van der Waals surface area contributed by atoms with Crippen molar-refractivity contribution >= 4 is 0 Å². The summed E-state index contributed by atoms with van der Waals surface area (Å²) < 4.78 is 7.02. The molecule has 0 fully saturated rings. The quantitative estimate of drug-likeness (QED) is 0.833. The summed E-state index contributed by atoms with van der Waals surface area (Å²) in [6.45, 7) is 3.07. The van der Waals surface area contributed by atoms with Gasteiger partial charge >= 0.3 is 0 Å². The molecule has 1 heterocycles. The molecule has 0 amide bonds. The van der Waals surface area contributed by atoms with E-state index in [1.807, 2.05) is 23.9 Å². The fourth-order valence-electron chi connectivity index (χ4n) is 2.28. The number of hydrogen-bond donors (Lipinski definition) is 1. The van der Waals surface area contributed by atoms with Gasteiger partial charge in [-0.1, -0.05) is 19.1 Å². The van der Waals surface area contributed by atoms with Gasteiger partial charge in [-0.2, -0.15) is 5.10 Å². The number of hydrogen-bond acceptors (Lipinski definition) is 4. The van der Waals surface area contributed by atoms with Gasteiger partial charge in [-0.15, -0.1) is 0 Å². The van der Waals surface area contributed by atoms with Crippen LogP contribution >= 0.6 is 0 Å². The molecule has 0 aliphatic heterocycles. The molecule has 0 bridgehead atoms. The van der Waals surface area contributed by atoms with E-state index in [1.165, 1.54) is 5.56 Å². The summed E-state index contributed by atoms with van der Waals surface area (Å²) in [6.07, 6.45) is 3.44. The number of benzene rings is 1. The van der Waals surface area contributed by atoms with Gasteiger partial charge in [-0.3, -0.25) is 4.68 Å². The molecule has 0 radical (unpaired) electrons. The highest BCUT2D eigenvalue weighted by atomic mass is 16.5. The molecule has 2 aromatic rings. The highest BCUT2D eigenvalue weighted by Gasteiger charge is 2.12. The van der Waals surface area contributed by atoms with Crippen molar-refractivity contribution < 1.29 is 4.74 Å². The molecule has 108 valence electrons. The summed E-state index contributed by atoms with van der Waals surface area (Å²) >= 11 is 0. The van der Waals surface area contributed by atoms with Crippen LogP contribution in [-0.4, -0.2) is 34.5 Å². The summed E-state index contributed by atoms with van der Waals surface area (Å²) in [4.78, 5) is 4.30. The van der Waals surface area contributed by atoms with E-state index in [-0.39, 0.29) is 0 Å². The Balaban J connectivity index is 2.02. The average molecular weight is 274 g/mol. The first-order valence-electron chi connectivity index (χ1n) is 6.92. The lowest BCUT2D eigenvalue weighted by atomic mass is 10.0. The highest BCUT2D eigenvalue weighted by molar-refractivity contribution is 5.27. The van der Waals surface area contributed by atoms with Gasteiger partial charge in [-0.25, -0.2) is 4.98 Å². The second kappa shape index (κ2) is 7.05. The lowest BCUT2D eigenvalue weighted by Gasteiger charge is -2.17. The topological polar surface area (TPSA) is 52.0 Å². The number of rotatable bonds is 7. The number of ether oxygens (including phenoxy) is 1. The van der Waals surface area contributed by atoms with Gasteiger partial charge in [-0.05, 0) is 30.7 Å². The second-order valence-electron chi connectivity index (χ2n) is 4.81. The molecule has 0 saturated heterocycles. The van der Waals surface area contributed by atoms with Crippen molar-refractivity contribution in [3.8, 4) is 5.75 Å². The van der Waals surface area contributed by atoms with E-state index in [0.29, 0.717) is 6.04 Å². The molecule has 5 heteroatoms. The molecule has 0 aliphatic carbocycles. The minimum atomic E-state index is 0.358. The summed E-state index contributed by atoms with van der Waals surface area (Å²) in [5.41, 5.74) is 1.29. The summed E-state index contributed by atoms with van der Waals surface area (Å²) in [7, 11) is 3.61. The highest BCUT2D eigenvalue weighted by Crippen LogP contribution is 2.13. The van der Waals surface area contributed by atoms with E-state index in [0.717, 1.165) is 31.0 Å². The van der Waals surface area contributed by atoms with E-state index < -0.39 is 0 Å². The Morgan fingerprint density at radius 1 is 1.25 bits per heavy atom. The van der Waals surface area contributed by atoms with E-state index in [9.17, 15) is 0 Å². The maximum absolute atomic E-state index is 5.19. The van der Waals surface area contributed by atoms with Crippen LogP contribution in [0, 0.1) is 0 Å². The molecule has 2 rings (SSSR count). The molecule has 1 atom stereocenters. The standard InChI is InChI=1S/C15H22N4O/c1-4-16-13(10-15-17-11-18-19(15)2)9-12-5-7-14(20-3)8-6-12/h5-8,11,13,16H,4,9-10H2,1-3H3. The van der Waals surface area contributed by atoms with Crippen LogP contribution in [0.4, 0.5) is 0 Å². The van der Waals surface area contributed by atoms with E-state index in [4.69, 9.17) is 4.74 Å². The van der Waals surface area contributed by atoms with Gasteiger partial charge in [0, 0.05) is 19.5 Å². The Bertz CT molecular complexity index is 521. The van der Waals surface area contributed by atoms with E-state index >= 15 is 0 Å². The lowest BCUT2D eigenvalue weighted by Crippen LogP contribution is -2.34. The lowest BCUT2D eigenvalue weighted by molar-refractivity contribution is 0.414. The van der Waals surface area contributed by atoms with Crippen LogP contribution in [-0.2, 0) is 19.9 Å². The molecule has 0 saturated carbocycles. The number of aromatic nitrogens is 3. The van der Waals surface area contributed by atoms with Crippen LogP contribution < -0.4 is 10.1 Å². The molecule has 5 nitrogen and oxygen atoms in total. The zero-order valence-electron chi connectivity index (χ0n) is 12.3. The van der Waals surface area contributed by atoms with Crippen molar-refractivity contribution in [3.05, 3.63) is 42.0 Å². The first-order chi connectivity index (χ1) is 9.72. The molecule has 1 aromatic carbocycles. The SMILES string of the molecule is CCNC(Cc1ccc(OC)cc1)Cc1ncnn1C. The first-order valence-corrected chi connectivity index (χ1v) is 6.92. The zero-order chi connectivity index (χ0) is 14.4. The smallest absolute Gasteiger partial charge is 0.138 e. The van der Waals surface area contributed by atoms with Gasteiger partial charge in [0.05, 0.1) is 7.11 Å². The van der Waals surface area contributed by atoms with E-state index in [1.54, 1.807) is 13.4 Å². The Hall–Kier alpha value is -1.88. The number of nitrogens with zero attached hydrogens (tertiary/aromatic N) is 3. The third kappa shape index (κ3) is 3.81. The van der Waals surface area contributed by atoms with Crippen LogP contribution in [0.15, 0.2) is 30.6 Å². The Morgan fingerprint density at radius 3 is 2.55 bits per heavy atom. The molecule has 0 aliphatic rings. The van der Waals surface area contributed by atoms with Crippen LogP contribution in [0.1, 0.15) is 18.3 Å². The Morgan fingerprint density at radius 2 is 2.00 bits per heavy atom. The van der Waals surface area contributed by atoms with Crippen molar-refractivity contribution in [2.45, 2.75) is 25.8 Å². The molecular weight excluding hydrogens is 252 g/mol. The average Bonchev–Trinajstić information content (AvgIpc) is 2.85. The maximum Gasteiger partial charge on any atom is 0.138 e. The predicted molar refractivity (Wildman–Crippen MR) is 78.9 cm³/mol. The number of nitrogens with one attached hydrogen (secondary N) is 1. The minimum absolute atomic E-state index is 0.358. The van der Waals surface area contributed by atoms with Gasteiger partial charge in [0.25, 0.3) is 0 Å². The van der Waals surface area contributed by atoms with Gasteiger partial charge in [0.1, 0.15) is 17.9 Å². The third-order valence-electron chi connectivity index (χ3n) is 3.37. The van der Waals surface area contributed by atoms with Crippen LogP contribution in [0.25, 0.3) is 0 Å². The number of likely N-dealkylation sites (N-methyl/N-ethyl adjacent to an activating group) is 1. The fourth-order valence-corrected chi connectivity index (χ4v) is 2.28. The van der Waals surface area contributed by atoms with Crippen molar-refractivity contribution in [3.63, 3.8) is 0 Å². The van der Waals surface area contributed by atoms with Crippen LogP contribution in [0.5, 0.6) is 5.75 Å². The predicted octanol–water partition coefficient (Wildman–Crippen LogP) is 1.59. The Kier molecular flexibility index (Phi) is 5.12. The van der Waals surface area contributed by atoms with Gasteiger partial charge in [0.15, 0.2) is 0 Å². The minimum Gasteiger partial charge on any atom is -0.497 e. The zero-order valence-corrected chi connectivity index (χ0v) is 12.3. The first kappa shape index (κ1) is 14.5. The van der Waals surface area contributed by atoms with Crippen molar-refractivity contribution in [2.75, 3.05) is 13.7 Å². The summed E-state index contributed by atoms with van der Waals surface area (Å²) in [6, 6.07) is 8.58. The number of aryl methyl sites for hydroxylation is 1. The monoisotopic (exact) mass is 274 g/mol. The molecular formula is C15H22N4O. The van der Waals surface area contributed by atoms with Crippen molar-refractivity contribution in [1.82, 2.24) is 20.1 Å². The summed E-state index contributed by atoms with van der Waals surface area (Å²) in [5, 5.41) is 7.63. The normalized spacial score (nSPS) is 12.3. The Labute approximate surface area is 120 Å². The third-order valence-corrected chi connectivity index (χ3v) is 3.37. The van der Waals surface area contributed by atoms with E-state index in [2.05, 4.69) is 34.5 Å². The van der Waals surface area contributed by atoms with Crippen molar-refractivity contribution in [2.24, 2.45) is 7.05 Å².